The minimum atomic E-state index is -0.618. The van der Waals surface area contributed by atoms with Gasteiger partial charge in [0.05, 0.1) is 12.2 Å². The molecule has 0 aliphatic rings. The molecule has 1 aromatic carbocycles. The van der Waals surface area contributed by atoms with Crippen molar-refractivity contribution in [3.63, 3.8) is 0 Å². The third-order valence-corrected chi connectivity index (χ3v) is 2.38. The number of halogens is 2. The molecule has 5 heteroatoms. The van der Waals surface area contributed by atoms with Crippen LogP contribution in [0.1, 0.15) is 17.3 Å². The first-order valence-electron chi connectivity index (χ1n) is 5.17. The first-order valence-corrected chi connectivity index (χ1v) is 5.17. The zero-order chi connectivity index (χ0) is 12.4. The number of benzene rings is 1. The van der Waals surface area contributed by atoms with Crippen LogP contribution < -0.4 is 5.32 Å². The topological polar surface area (TPSA) is 38.1 Å². The lowest BCUT2D eigenvalue weighted by Crippen LogP contribution is -2.00. The summed E-state index contributed by atoms with van der Waals surface area (Å²) in [5, 5.41) is 2.85. The van der Waals surface area contributed by atoms with Crippen LogP contribution in [0, 0.1) is 25.5 Å². The quantitative estimate of drug-likeness (QED) is 0.892. The molecule has 0 radical (unpaired) electrons. The van der Waals surface area contributed by atoms with Crippen LogP contribution in [0.15, 0.2) is 22.6 Å². The standard InChI is InChI=1S/C12H12F2N2O/c1-7-8(2)17-12(16-7)6-15-11-4-9(13)3-10(14)5-11/h3-5,15H,6H2,1-2H3. The van der Waals surface area contributed by atoms with Crippen molar-refractivity contribution in [2.24, 2.45) is 0 Å². The summed E-state index contributed by atoms with van der Waals surface area (Å²) < 4.78 is 31.1. The van der Waals surface area contributed by atoms with Gasteiger partial charge in [-0.15, -0.1) is 0 Å². The second-order valence-electron chi connectivity index (χ2n) is 3.76. The number of rotatable bonds is 3. The lowest BCUT2D eigenvalue weighted by atomic mass is 10.3. The van der Waals surface area contributed by atoms with Crippen LogP contribution in [0.25, 0.3) is 0 Å². The number of oxazole rings is 1. The van der Waals surface area contributed by atoms with Crippen LogP contribution in [0.3, 0.4) is 0 Å². The summed E-state index contributed by atoms with van der Waals surface area (Å²) >= 11 is 0. The van der Waals surface area contributed by atoms with Gasteiger partial charge in [-0.3, -0.25) is 0 Å². The predicted octanol–water partition coefficient (Wildman–Crippen LogP) is 3.18. The summed E-state index contributed by atoms with van der Waals surface area (Å²) in [7, 11) is 0. The molecule has 0 amide bonds. The van der Waals surface area contributed by atoms with Crippen molar-refractivity contribution in [1.82, 2.24) is 4.98 Å². The molecule has 90 valence electrons. The molecule has 2 aromatic rings. The summed E-state index contributed by atoms with van der Waals surface area (Å²) in [6, 6.07) is 3.25. The van der Waals surface area contributed by atoms with E-state index in [0.717, 1.165) is 17.5 Å². The van der Waals surface area contributed by atoms with Gasteiger partial charge in [0, 0.05) is 11.8 Å². The van der Waals surface area contributed by atoms with Crippen molar-refractivity contribution in [3.05, 3.63) is 47.2 Å². The fourth-order valence-electron chi connectivity index (χ4n) is 1.45. The van der Waals surface area contributed by atoms with Gasteiger partial charge in [0.25, 0.3) is 0 Å². The molecule has 0 atom stereocenters. The van der Waals surface area contributed by atoms with Crippen LogP contribution in [0.4, 0.5) is 14.5 Å². The molecular weight excluding hydrogens is 226 g/mol. The normalized spacial score (nSPS) is 10.6. The zero-order valence-electron chi connectivity index (χ0n) is 9.55. The van der Waals surface area contributed by atoms with E-state index in [0.29, 0.717) is 11.6 Å². The summed E-state index contributed by atoms with van der Waals surface area (Å²) in [6.45, 7) is 3.94. The highest BCUT2D eigenvalue weighted by Crippen LogP contribution is 2.15. The van der Waals surface area contributed by atoms with E-state index in [1.54, 1.807) is 0 Å². The Morgan fingerprint density at radius 2 is 1.82 bits per heavy atom. The van der Waals surface area contributed by atoms with Gasteiger partial charge in [0.2, 0.25) is 5.89 Å². The van der Waals surface area contributed by atoms with Crippen molar-refractivity contribution in [2.75, 3.05) is 5.32 Å². The minimum Gasteiger partial charge on any atom is -0.444 e. The molecule has 0 aliphatic heterocycles. The van der Waals surface area contributed by atoms with E-state index >= 15 is 0 Å². The lowest BCUT2D eigenvalue weighted by molar-refractivity contribution is 0.478. The van der Waals surface area contributed by atoms with Crippen LogP contribution in [0.5, 0.6) is 0 Å². The maximum atomic E-state index is 12.9. The molecule has 1 N–H and O–H groups in total. The highest BCUT2D eigenvalue weighted by atomic mass is 19.1. The van der Waals surface area contributed by atoms with Crippen molar-refractivity contribution in [2.45, 2.75) is 20.4 Å². The number of anilines is 1. The van der Waals surface area contributed by atoms with Gasteiger partial charge in [0.1, 0.15) is 17.4 Å². The number of nitrogens with one attached hydrogen (secondary N) is 1. The Hall–Kier alpha value is -1.91. The molecule has 0 bridgehead atoms. The third-order valence-electron chi connectivity index (χ3n) is 2.38. The van der Waals surface area contributed by atoms with Gasteiger partial charge in [-0.25, -0.2) is 13.8 Å². The van der Waals surface area contributed by atoms with Gasteiger partial charge in [-0.2, -0.15) is 0 Å². The Bertz CT molecular complexity index is 498. The largest absolute Gasteiger partial charge is 0.444 e. The molecule has 0 aliphatic carbocycles. The van der Waals surface area contributed by atoms with Crippen LogP contribution in [-0.4, -0.2) is 4.98 Å². The van der Waals surface area contributed by atoms with Gasteiger partial charge in [-0.05, 0) is 26.0 Å². The second-order valence-corrected chi connectivity index (χ2v) is 3.76. The molecule has 2 rings (SSSR count). The predicted molar refractivity (Wildman–Crippen MR) is 59.7 cm³/mol. The Morgan fingerprint density at radius 1 is 1.18 bits per heavy atom. The highest BCUT2D eigenvalue weighted by Gasteiger charge is 2.06. The fourth-order valence-corrected chi connectivity index (χ4v) is 1.45. The van der Waals surface area contributed by atoms with Gasteiger partial charge < -0.3 is 9.73 Å². The smallest absolute Gasteiger partial charge is 0.213 e. The fraction of sp³-hybridized carbons (Fsp3) is 0.250. The number of aromatic nitrogens is 1. The SMILES string of the molecule is Cc1nc(CNc2cc(F)cc(F)c2)oc1C. The minimum absolute atomic E-state index is 0.289. The molecule has 0 saturated carbocycles. The summed E-state index contributed by atoms with van der Waals surface area (Å²) in [4.78, 5) is 4.15. The average molecular weight is 238 g/mol. The van der Waals surface area contributed by atoms with E-state index in [-0.39, 0.29) is 6.54 Å². The Balaban J connectivity index is 2.07. The van der Waals surface area contributed by atoms with Crippen molar-refractivity contribution >= 4 is 5.69 Å². The molecular formula is C12H12F2N2O. The summed E-state index contributed by atoms with van der Waals surface area (Å²) in [5.74, 6) is -0.00331. The van der Waals surface area contributed by atoms with Crippen molar-refractivity contribution in [1.29, 1.82) is 0 Å². The maximum absolute atomic E-state index is 12.9. The van der Waals surface area contributed by atoms with Gasteiger partial charge in [0.15, 0.2) is 0 Å². The Kier molecular flexibility index (Phi) is 3.08. The van der Waals surface area contributed by atoms with E-state index in [9.17, 15) is 8.78 Å². The molecule has 1 heterocycles. The summed E-state index contributed by atoms with van der Waals surface area (Å²) in [6.07, 6.45) is 0. The monoisotopic (exact) mass is 238 g/mol. The average Bonchev–Trinajstić information content (AvgIpc) is 2.54. The van der Waals surface area contributed by atoms with E-state index in [1.165, 1.54) is 12.1 Å². The molecule has 0 unspecified atom stereocenters. The molecule has 0 fully saturated rings. The Morgan fingerprint density at radius 3 is 2.35 bits per heavy atom. The van der Waals surface area contributed by atoms with E-state index < -0.39 is 11.6 Å². The van der Waals surface area contributed by atoms with Crippen LogP contribution in [0.2, 0.25) is 0 Å². The zero-order valence-corrected chi connectivity index (χ0v) is 9.55. The molecule has 0 spiro atoms. The number of nitrogens with zero attached hydrogens (tertiary/aromatic N) is 1. The number of hydrogen-bond donors (Lipinski definition) is 1. The van der Waals surface area contributed by atoms with E-state index in [4.69, 9.17) is 4.42 Å². The van der Waals surface area contributed by atoms with E-state index in [2.05, 4.69) is 10.3 Å². The Labute approximate surface area is 97.5 Å². The molecule has 0 saturated heterocycles. The summed E-state index contributed by atoms with van der Waals surface area (Å²) in [5.41, 5.74) is 1.17. The molecule has 17 heavy (non-hydrogen) atoms. The first-order chi connectivity index (χ1) is 8.04. The van der Waals surface area contributed by atoms with Crippen LogP contribution >= 0.6 is 0 Å². The van der Waals surface area contributed by atoms with Crippen LogP contribution in [-0.2, 0) is 6.54 Å². The number of hydrogen-bond acceptors (Lipinski definition) is 3. The first kappa shape index (κ1) is 11.6. The third kappa shape index (κ3) is 2.81. The second kappa shape index (κ2) is 4.53. The maximum Gasteiger partial charge on any atom is 0.213 e. The van der Waals surface area contributed by atoms with Crippen molar-refractivity contribution < 1.29 is 13.2 Å². The highest BCUT2D eigenvalue weighted by molar-refractivity contribution is 5.43. The van der Waals surface area contributed by atoms with Gasteiger partial charge in [-0.1, -0.05) is 0 Å². The number of aryl methyl sites for hydroxylation is 2. The van der Waals surface area contributed by atoms with Crippen molar-refractivity contribution in [3.8, 4) is 0 Å². The molecule has 1 aromatic heterocycles. The van der Waals surface area contributed by atoms with E-state index in [1.807, 2.05) is 13.8 Å². The lowest BCUT2D eigenvalue weighted by Gasteiger charge is -2.03. The molecule has 3 nitrogen and oxygen atoms in total. The van der Waals surface area contributed by atoms with Gasteiger partial charge >= 0.3 is 0 Å².